The first-order valence-electron chi connectivity index (χ1n) is 13.2. The van der Waals surface area contributed by atoms with Gasteiger partial charge in [-0.05, 0) is 0 Å². The topological polar surface area (TPSA) is 802 Å². The summed E-state index contributed by atoms with van der Waals surface area (Å²) in [4.78, 5) is 47.3. The molecule has 0 aromatic carbocycles. The van der Waals surface area contributed by atoms with E-state index >= 15 is 0 Å². The van der Waals surface area contributed by atoms with E-state index in [2.05, 4.69) is 0 Å². The van der Waals surface area contributed by atoms with Crippen LogP contribution in [0.25, 0.3) is 0 Å². The minimum atomic E-state index is -8.10. The molecule has 0 aliphatic carbocycles. The van der Waals surface area contributed by atoms with Gasteiger partial charge >= 0.3 is 102 Å². The van der Waals surface area contributed by atoms with Gasteiger partial charge in [0.15, 0.2) is 0 Å². The second-order valence-corrected chi connectivity index (χ2v) is 31.4. The molecule has 0 rings (SSSR count). The Kier molecular flexibility index (Phi) is 19.8. The van der Waals surface area contributed by atoms with Crippen molar-refractivity contribution in [3.8, 4) is 0 Å². The quantitative estimate of drug-likeness (QED) is 0.0353. The fourth-order valence-corrected chi connectivity index (χ4v) is 29.4. The van der Waals surface area contributed by atoms with Gasteiger partial charge < -0.3 is 20.4 Å². The molecule has 44 nitrogen and oxygen atoms in total. The van der Waals surface area contributed by atoms with Crippen molar-refractivity contribution in [1.82, 2.24) is 0 Å². The number of hydrogen-bond donors (Lipinski definition) is 16. The molecule has 0 fully saturated rings. The van der Waals surface area contributed by atoms with Crippen LogP contribution in [0.15, 0.2) is 0 Å². The van der Waals surface area contributed by atoms with E-state index in [1.54, 1.807) is 0 Å². The fraction of sp³-hybridized carbons (Fsp3) is 0.667. The standard InChI is InChI=1S/2C6H10O22S6.Na.H/c2*7-2(8)5(32(20,21)22,6(3(9)10,33(23,24)25)34(26,27)28)4(30(14,15)16,31(17,18)19)1-29(11,12)13;;/h2*1H2,(H,7,8)(H,9,10)(H,11,12,13)(H,14,15,16)(H,17,18,19)(H,20,21,22)(H,23,24,25)(H,26,27,28);;. The van der Waals surface area contributed by atoms with Crippen LogP contribution in [0, 0.1) is 0 Å². The Morgan fingerprint density at radius 3 is 0.464 bits per heavy atom. The molecule has 16 N–H and O–H groups in total. The third-order valence-corrected chi connectivity index (χ3v) is 29.4. The molecular formula is C12H21NaO44S12. The maximum atomic E-state index is 12.1. The van der Waals surface area contributed by atoms with Crippen molar-refractivity contribution in [3.63, 3.8) is 0 Å². The number of carbonyl (C=O) groups is 4. The predicted molar refractivity (Wildman–Crippen MR) is 202 cm³/mol. The summed E-state index contributed by atoms with van der Waals surface area (Å²) in [6.45, 7) is 0. The van der Waals surface area contributed by atoms with Crippen LogP contribution in [-0.4, -0.2) is 267 Å². The molecule has 0 saturated heterocycles. The van der Waals surface area contributed by atoms with E-state index in [0.29, 0.717) is 0 Å². The van der Waals surface area contributed by atoms with Crippen LogP contribution in [0.2, 0.25) is 0 Å². The average Bonchev–Trinajstić information content (AvgIpc) is 2.92. The monoisotopic (exact) mass is 1280 g/mol. The van der Waals surface area contributed by atoms with Gasteiger partial charge in [-0.25, -0.2) is 9.59 Å². The van der Waals surface area contributed by atoms with Gasteiger partial charge in [0.1, 0.15) is 11.5 Å². The molecule has 0 amide bonds. The number of hydrogen-bond acceptors (Lipinski definition) is 28. The van der Waals surface area contributed by atoms with E-state index in [9.17, 15) is 176 Å². The molecular weight excluding hydrogens is 1260 g/mol. The van der Waals surface area contributed by atoms with Crippen molar-refractivity contribution in [2.24, 2.45) is 0 Å². The predicted octanol–water partition coefficient (Wildman–Crippen LogP) is -11.4. The zero-order chi connectivity index (χ0) is 56.7. The van der Waals surface area contributed by atoms with Gasteiger partial charge in [-0.1, -0.05) is 0 Å². The van der Waals surface area contributed by atoms with Gasteiger partial charge in [0.2, 0.25) is 0 Å². The summed E-state index contributed by atoms with van der Waals surface area (Å²) in [5, 5.41) is 37.0. The van der Waals surface area contributed by atoms with E-state index in [4.69, 9.17) is 19.3 Å². The molecule has 0 saturated carbocycles. The Morgan fingerprint density at radius 1 is 0.261 bits per heavy atom. The van der Waals surface area contributed by atoms with Gasteiger partial charge in [0, 0.05) is 0 Å². The Labute approximate surface area is 404 Å². The van der Waals surface area contributed by atoms with Crippen molar-refractivity contribution in [1.29, 1.82) is 0 Å². The van der Waals surface area contributed by atoms with Gasteiger partial charge in [-0.2, -0.15) is 101 Å². The van der Waals surface area contributed by atoms with Gasteiger partial charge in [0.05, 0.1) is 0 Å². The zero-order valence-electron chi connectivity index (χ0n) is 29.9. The summed E-state index contributed by atoms with van der Waals surface area (Å²) < 4.78 is 354. The van der Waals surface area contributed by atoms with Gasteiger partial charge in [-0.15, -0.1) is 0 Å². The molecule has 406 valence electrons. The Hall–Kier alpha value is -2.20. The molecule has 2 atom stereocenters. The van der Waals surface area contributed by atoms with Crippen LogP contribution in [-0.2, 0) is 141 Å². The van der Waals surface area contributed by atoms with E-state index in [-0.39, 0.29) is 29.6 Å². The third kappa shape index (κ3) is 10.5. The van der Waals surface area contributed by atoms with Gasteiger partial charge in [0.25, 0.3) is 98.6 Å². The second kappa shape index (κ2) is 19.3. The molecule has 0 heterocycles. The van der Waals surface area contributed by atoms with Crippen molar-refractivity contribution < 1.29 is 195 Å². The summed E-state index contributed by atoms with van der Waals surface area (Å²) >= 11 is 0. The molecule has 2 unspecified atom stereocenters. The Morgan fingerprint density at radius 2 is 0.406 bits per heavy atom. The van der Waals surface area contributed by atoms with Crippen LogP contribution in [0.3, 0.4) is 0 Å². The van der Waals surface area contributed by atoms with Crippen molar-refractivity contribution in [2.75, 3.05) is 11.5 Å². The zero-order valence-corrected chi connectivity index (χ0v) is 39.7. The van der Waals surface area contributed by atoms with Crippen LogP contribution in [0.1, 0.15) is 0 Å². The molecule has 57 heteroatoms. The van der Waals surface area contributed by atoms with Crippen molar-refractivity contribution >= 4 is 175 Å². The average molecular weight is 1280 g/mol. The number of carboxylic acids is 4. The summed E-state index contributed by atoms with van der Waals surface area (Å²) in [5.41, 5.74) is 0. The van der Waals surface area contributed by atoms with Gasteiger partial charge in [-0.3, -0.25) is 64.2 Å². The molecule has 0 spiro atoms. The SMILES string of the molecule is O=C(O)C(C(CS(=O)(=O)O)(S(=O)(=O)O)S(=O)(=O)O)(C(C(=O)O)(S(=O)(=O)O)S(=O)(=O)O)S(=O)(=O)O.O=C(O)C(C(CS(=O)(=O)O)(S(=O)(=O)O)S(=O)(=O)O)(C(C(=O)O)(S(=O)(=O)O)S(=O)(=O)O)S(=O)(=O)O.[NaH]. The minimum absolute atomic E-state index is 0. The first kappa shape index (κ1) is 71.1. The van der Waals surface area contributed by atoms with Crippen LogP contribution < -0.4 is 0 Å². The van der Waals surface area contributed by atoms with Crippen molar-refractivity contribution in [3.05, 3.63) is 0 Å². The van der Waals surface area contributed by atoms with Crippen LogP contribution in [0.5, 0.6) is 0 Å². The first-order chi connectivity index (χ1) is 28.7. The molecule has 0 aromatic rings. The van der Waals surface area contributed by atoms with Crippen LogP contribution >= 0.6 is 0 Å². The van der Waals surface area contributed by atoms with E-state index in [1.165, 1.54) is 0 Å². The summed E-state index contributed by atoms with van der Waals surface area (Å²) in [6, 6.07) is 0. The van der Waals surface area contributed by atoms with E-state index in [0.717, 1.165) is 0 Å². The first-order valence-corrected chi connectivity index (χ1v) is 30.8. The van der Waals surface area contributed by atoms with E-state index in [1.807, 2.05) is 0 Å². The van der Waals surface area contributed by atoms with Crippen molar-refractivity contribution in [2.45, 2.75) is 25.8 Å². The number of rotatable bonds is 22. The Bertz CT molecular complexity index is 3220. The summed E-state index contributed by atoms with van der Waals surface area (Å²) in [5.74, 6) is -25.1. The number of aliphatic carboxylic acids is 4. The van der Waals surface area contributed by atoms with E-state index < -0.39 is 183 Å². The number of carboxylic acid groups (broad SMARTS) is 4. The molecule has 0 bridgehead atoms. The second-order valence-electron chi connectivity index (χ2n) is 11.5. The maximum absolute atomic E-state index is 12.1. The molecule has 0 aliphatic rings. The molecule has 0 aliphatic heterocycles. The fourth-order valence-electron chi connectivity index (χ4n) is 5.77. The summed E-state index contributed by atoms with van der Waals surface area (Å²) in [6.07, 6.45) is 0. The third-order valence-electron chi connectivity index (χ3n) is 7.80. The normalized spacial score (nSPS) is 16.8. The summed E-state index contributed by atoms with van der Waals surface area (Å²) in [7, 11) is -92.8. The molecule has 0 aromatic heterocycles. The molecule has 0 radical (unpaired) electrons. The molecule has 69 heavy (non-hydrogen) atoms. The van der Waals surface area contributed by atoms with Crippen LogP contribution in [0.4, 0.5) is 0 Å². The Balaban J connectivity index is -0.00000124.